The van der Waals surface area contributed by atoms with Crippen molar-refractivity contribution in [1.82, 2.24) is 5.32 Å². The molecule has 1 nitrogen and oxygen atoms in total. The third-order valence-electron chi connectivity index (χ3n) is 3.42. The summed E-state index contributed by atoms with van der Waals surface area (Å²) in [7, 11) is 0. The summed E-state index contributed by atoms with van der Waals surface area (Å²) in [4.78, 5) is 0. The highest BCUT2D eigenvalue weighted by atomic mass is 35.5. The number of rotatable bonds is 7. The molecular weight excluding hydrogens is 261 g/mol. The van der Waals surface area contributed by atoms with Crippen LogP contribution in [-0.4, -0.2) is 12.6 Å². The van der Waals surface area contributed by atoms with Crippen LogP contribution in [0.5, 0.6) is 0 Å². The van der Waals surface area contributed by atoms with Gasteiger partial charge in [-0.3, -0.25) is 0 Å². The Bertz CT molecular complexity index is 406. The molecule has 3 heteroatoms. The summed E-state index contributed by atoms with van der Waals surface area (Å²) in [6.45, 7) is 9.54. The Balaban J connectivity index is 2.84. The molecule has 1 aromatic carbocycles. The topological polar surface area (TPSA) is 12.0 Å². The van der Waals surface area contributed by atoms with Crippen molar-refractivity contribution >= 4 is 11.6 Å². The maximum absolute atomic E-state index is 13.9. The Morgan fingerprint density at radius 2 is 2.05 bits per heavy atom. The molecule has 0 amide bonds. The molecule has 1 aromatic rings. The molecule has 0 radical (unpaired) electrons. The molecule has 0 fully saturated rings. The van der Waals surface area contributed by atoms with Gasteiger partial charge in [-0.05, 0) is 42.0 Å². The first kappa shape index (κ1) is 16.5. The van der Waals surface area contributed by atoms with Crippen molar-refractivity contribution in [2.75, 3.05) is 6.54 Å². The number of hydrogen-bond acceptors (Lipinski definition) is 1. The Morgan fingerprint density at radius 1 is 1.37 bits per heavy atom. The molecule has 0 aliphatic carbocycles. The molecule has 1 atom stereocenters. The molecule has 0 heterocycles. The minimum absolute atomic E-state index is 0.0601. The fourth-order valence-electron chi connectivity index (χ4n) is 2.43. The zero-order valence-electron chi connectivity index (χ0n) is 12.4. The lowest BCUT2D eigenvalue weighted by atomic mass is 9.79. The SMILES string of the molecule is CCCC(C)(CNC(C)C)Cc1cc(Cl)ccc1F. The van der Waals surface area contributed by atoms with Crippen LogP contribution in [0.2, 0.25) is 5.02 Å². The minimum Gasteiger partial charge on any atom is -0.314 e. The van der Waals surface area contributed by atoms with Crippen LogP contribution in [0.1, 0.15) is 46.1 Å². The van der Waals surface area contributed by atoms with E-state index in [2.05, 4.69) is 33.0 Å². The molecule has 19 heavy (non-hydrogen) atoms. The van der Waals surface area contributed by atoms with Gasteiger partial charge in [0.05, 0.1) is 0 Å². The predicted molar refractivity (Wildman–Crippen MR) is 81.3 cm³/mol. The largest absolute Gasteiger partial charge is 0.314 e. The van der Waals surface area contributed by atoms with Crippen molar-refractivity contribution in [2.24, 2.45) is 5.41 Å². The highest BCUT2D eigenvalue weighted by Crippen LogP contribution is 2.30. The van der Waals surface area contributed by atoms with Gasteiger partial charge in [-0.25, -0.2) is 4.39 Å². The summed E-state index contributed by atoms with van der Waals surface area (Å²) < 4.78 is 13.9. The first-order valence-corrected chi connectivity index (χ1v) is 7.41. The van der Waals surface area contributed by atoms with Crippen molar-refractivity contribution in [2.45, 2.75) is 53.0 Å². The van der Waals surface area contributed by atoms with Gasteiger partial charge >= 0.3 is 0 Å². The van der Waals surface area contributed by atoms with Gasteiger partial charge in [0, 0.05) is 17.6 Å². The van der Waals surface area contributed by atoms with E-state index in [1.807, 2.05) is 0 Å². The van der Waals surface area contributed by atoms with E-state index in [0.717, 1.165) is 19.4 Å². The van der Waals surface area contributed by atoms with Crippen LogP contribution in [-0.2, 0) is 6.42 Å². The average Bonchev–Trinajstić information content (AvgIpc) is 2.32. The Kier molecular flexibility index (Phi) is 6.28. The van der Waals surface area contributed by atoms with Crippen LogP contribution in [0, 0.1) is 11.2 Å². The van der Waals surface area contributed by atoms with Gasteiger partial charge in [-0.1, -0.05) is 45.7 Å². The van der Waals surface area contributed by atoms with Crippen molar-refractivity contribution < 1.29 is 4.39 Å². The fourth-order valence-corrected chi connectivity index (χ4v) is 2.63. The van der Waals surface area contributed by atoms with Crippen LogP contribution in [0.15, 0.2) is 18.2 Å². The lowest BCUT2D eigenvalue weighted by Crippen LogP contribution is -2.37. The van der Waals surface area contributed by atoms with E-state index < -0.39 is 0 Å². The highest BCUT2D eigenvalue weighted by molar-refractivity contribution is 6.30. The fraction of sp³-hybridized carbons (Fsp3) is 0.625. The zero-order chi connectivity index (χ0) is 14.5. The molecule has 0 aliphatic rings. The first-order valence-electron chi connectivity index (χ1n) is 7.03. The van der Waals surface area contributed by atoms with Gasteiger partial charge in [-0.2, -0.15) is 0 Å². The number of benzene rings is 1. The Labute approximate surface area is 121 Å². The van der Waals surface area contributed by atoms with E-state index in [1.165, 1.54) is 6.07 Å². The molecule has 108 valence electrons. The van der Waals surface area contributed by atoms with Crippen LogP contribution < -0.4 is 5.32 Å². The second-order valence-corrected chi connectivity index (χ2v) is 6.45. The maximum Gasteiger partial charge on any atom is 0.126 e. The highest BCUT2D eigenvalue weighted by Gasteiger charge is 2.25. The van der Waals surface area contributed by atoms with Gasteiger partial charge in [0.2, 0.25) is 0 Å². The molecular formula is C16H25ClFN. The van der Waals surface area contributed by atoms with Gasteiger partial charge in [0.25, 0.3) is 0 Å². The Morgan fingerprint density at radius 3 is 2.63 bits per heavy atom. The van der Waals surface area contributed by atoms with Crippen molar-refractivity contribution in [1.29, 1.82) is 0 Å². The number of nitrogens with one attached hydrogen (secondary N) is 1. The normalized spacial score (nSPS) is 14.7. The summed E-state index contributed by atoms with van der Waals surface area (Å²) >= 11 is 5.97. The summed E-state index contributed by atoms with van der Waals surface area (Å²) in [6, 6.07) is 5.25. The van der Waals surface area contributed by atoms with Gasteiger partial charge in [0.1, 0.15) is 5.82 Å². The molecule has 0 aromatic heterocycles. The van der Waals surface area contributed by atoms with Crippen LogP contribution in [0.4, 0.5) is 4.39 Å². The molecule has 1 unspecified atom stereocenters. The standard InChI is InChI=1S/C16H25ClFN/c1-5-8-16(4,11-19-12(2)3)10-13-9-14(17)6-7-15(13)18/h6-7,9,12,19H,5,8,10-11H2,1-4H3. The molecule has 0 bridgehead atoms. The molecule has 0 saturated carbocycles. The summed E-state index contributed by atoms with van der Waals surface area (Å²) in [5.41, 5.74) is 0.777. The second-order valence-electron chi connectivity index (χ2n) is 6.01. The summed E-state index contributed by atoms with van der Waals surface area (Å²) in [5.74, 6) is -0.156. The van der Waals surface area contributed by atoms with E-state index >= 15 is 0 Å². The zero-order valence-corrected chi connectivity index (χ0v) is 13.1. The smallest absolute Gasteiger partial charge is 0.126 e. The molecule has 0 aliphatic heterocycles. The summed E-state index contributed by atoms with van der Waals surface area (Å²) in [5, 5.41) is 4.07. The maximum atomic E-state index is 13.9. The van der Waals surface area contributed by atoms with Gasteiger partial charge < -0.3 is 5.32 Å². The third-order valence-corrected chi connectivity index (χ3v) is 3.65. The predicted octanol–water partition coefficient (Wildman–Crippen LogP) is 4.83. The van der Waals surface area contributed by atoms with Crippen molar-refractivity contribution in [3.63, 3.8) is 0 Å². The Hall–Kier alpha value is -0.600. The van der Waals surface area contributed by atoms with Crippen molar-refractivity contribution in [3.05, 3.63) is 34.6 Å². The van der Waals surface area contributed by atoms with E-state index in [-0.39, 0.29) is 11.2 Å². The quantitative estimate of drug-likeness (QED) is 0.757. The van der Waals surface area contributed by atoms with Crippen LogP contribution >= 0.6 is 11.6 Å². The minimum atomic E-state index is -0.156. The second kappa shape index (κ2) is 7.25. The van der Waals surface area contributed by atoms with E-state index in [9.17, 15) is 4.39 Å². The lowest BCUT2D eigenvalue weighted by Gasteiger charge is -2.31. The molecule has 1 N–H and O–H groups in total. The monoisotopic (exact) mass is 285 g/mol. The van der Waals surface area contributed by atoms with E-state index in [1.54, 1.807) is 12.1 Å². The third kappa shape index (κ3) is 5.50. The van der Waals surface area contributed by atoms with Gasteiger partial charge in [0.15, 0.2) is 0 Å². The van der Waals surface area contributed by atoms with Crippen LogP contribution in [0.3, 0.4) is 0 Å². The van der Waals surface area contributed by atoms with Crippen LogP contribution in [0.25, 0.3) is 0 Å². The number of hydrogen-bond donors (Lipinski definition) is 1. The average molecular weight is 286 g/mol. The van der Waals surface area contributed by atoms with E-state index in [0.29, 0.717) is 23.0 Å². The molecule has 0 spiro atoms. The lowest BCUT2D eigenvalue weighted by molar-refractivity contribution is 0.264. The van der Waals surface area contributed by atoms with Gasteiger partial charge in [-0.15, -0.1) is 0 Å². The van der Waals surface area contributed by atoms with E-state index in [4.69, 9.17) is 11.6 Å². The number of halogens is 2. The van der Waals surface area contributed by atoms with Crippen molar-refractivity contribution in [3.8, 4) is 0 Å². The summed E-state index contributed by atoms with van der Waals surface area (Å²) in [6.07, 6.45) is 2.88. The molecule has 0 saturated heterocycles. The molecule has 1 rings (SSSR count). The first-order chi connectivity index (χ1) is 8.86.